The van der Waals surface area contributed by atoms with Crippen LogP contribution in [0.5, 0.6) is 0 Å². The number of nitro groups is 1. The second-order valence-corrected chi connectivity index (χ2v) is 6.09. The largest absolute Gasteiger partial charge is 0.356 e. The molecule has 0 heterocycles. The first-order valence-electron chi connectivity index (χ1n) is 7.57. The Kier molecular flexibility index (Phi) is 6.52. The number of nitro benzene ring substituents is 1. The first kappa shape index (κ1) is 18.2. The maximum Gasteiger partial charge on any atom is 0.271 e. The van der Waals surface area contributed by atoms with Crippen molar-refractivity contribution >= 4 is 40.3 Å². The summed E-state index contributed by atoms with van der Waals surface area (Å²) in [5.41, 5.74) is 1.50. The van der Waals surface area contributed by atoms with E-state index in [2.05, 4.69) is 17.6 Å². The SMILES string of the molecule is CCC[C@@H](NC(=S)Nc1cc([N+](=O)[O-])ccc1Cl)c1ccccc1. The van der Waals surface area contributed by atoms with Crippen LogP contribution in [0, 0.1) is 10.1 Å². The van der Waals surface area contributed by atoms with E-state index < -0.39 is 4.92 Å². The number of nitrogens with zero attached hydrogens (tertiary/aromatic N) is 1. The van der Waals surface area contributed by atoms with Gasteiger partial charge >= 0.3 is 0 Å². The molecule has 5 nitrogen and oxygen atoms in total. The molecule has 0 saturated carbocycles. The third-order valence-corrected chi connectivity index (χ3v) is 4.04. The average Bonchev–Trinajstić information content (AvgIpc) is 2.57. The Balaban J connectivity index is 2.11. The zero-order valence-electron chi connectivity index (χ0n) is 13.2. The van der Waals surface area contributed by atoms with E-state index >= 15 is 0 Å². The molecule has 24 heavy (non-hydrogen) atoms. The van der Waals surface area contributed by atoms with Gasteiger partial charge in [0, 0.05) is 12.1 Å². The normalized spacial score (nSPS) is 11.6. The van der Waals surface area contributed by atoms with Crippen LogP contribution in [0.4, 0.5) is 11.4 Å². The van der Waals surface area contributed by atoms with Gasteiger partial charge in [0.15, 0.2) is 5.11 Å². The van der Waals surface area contributed by atoms with Crippen molar-refractivity contribution in [2.24, 2.45) is 0 Å². The molecule has 126 valence electrons. The molecule has 2 N–H and O–H groups in total. The summed E-state index contributed by atoms with van der Waals surface area (Å²) in [4.78, 5) is 10.4. The van der Waals surface area contributed by atoms with Gasteiger partial charge in [0.25, 0.3) is 5.69 Å². The van der Waals surface area contributed by atoms with Crippen LogP contribution in [0.3, 0.4) is 0 Å². The smallest absolute Gasteiger partial charge is 0.271 e. The van der Waals surface area contributed by atoms with Crippen LogP contribution in [-0.4, -0.2) is 10.0 Å². The molecule has 7 heteroatoms. The van der Waals surface area contributed by atoms with Gasteiger partial charge in [-0.15, -0.1) is 0 Å². The van der Waals surface area contributed by atoms with E-state index in [-0.39, 0.29) is 11.7 Å². The highest BCUT2D eigenvalue weighted by atomic mass is 35.5. The Morgan fingerprint density at radius 1 is 1.29 bits per heavy atom. The number of benzene rings is 2. The molecule has 2 aromatic rings. The predicted molar refractivity (Wildman–Crippen MR) is 102 cm³/mol. The van der Waals surface area contributed by atoms with E-state index in [9.17, 15) is 10.1 Å². The van der Waals surface area contributed by atoms with Crippen LogP contribution in [-0.2, 0) is 0 Å². The highest BCUT2D eigenvalue weighted by molar-refractivity contribution is 7.80. The summed E-state index contributed by atoms with van der Waals surface area (Å²) in [6, 6.07) is 14.3. The third-order valence-electron chi connectivity index (χ3n) is 3.49. The van der Waals surface area contributed by atoms with Gasteiger partial charge in [-0.1, -0.05) is 55.3 Å². The molecule has 0 aromatic heterocycles. The van der Waals surface area contributed by atoms with E-state index in [0.29, 0.717) is 15.8 Å². The van der Waals surface area contributed by atoms with Crippen LogP contribution in [0.15, 0.2) is 48.5 Å². The van der Waals surface area contributed by atoms with Crippen LogP contribution < -0.4 is 10.6 Å². The van der Waals surface area contributed by atoms with E-state index in [1.807, 2.05) is 30.3 Å². The van der Waals surface area contributed by atoms with Crippen molar-refractivity contribution in [2.45, 2.75) is 25.8 Å². The van der Waals surface area contributed by atoms with E-state index in [1.54, 1.807) is 0 Å². The summed E-state index contributed by atoms with van der Waals surface area (Å²) in [5.74, 6) is 0. The topological polar surface area (TPSA) is 67.2 Å². The zero-order chi connectivity index (χ0) is 17.5. The Morgan fingerprint density at radius 3 is 2.62 bits per heavy atom. The third kappa shape index (κ3) is 4.91. The van der Waals surface area contributed by atoms with Gasteiger partial charge in [-0.25, -0.2) is 0 Å². The average molecular weight is 364 g/mol. The molecule has 0 fully saturated rings. The molecule has 0 unspecified atom stereocenters. The summed E-state index contributed by atoms with van der Waals surface area (Å²) < 4.78 is 0. The Hall–Kier alpha value is -2.18. The summed E-state index contributed by atoms with van der Waals surface area (Å²) in [6.07, 6.45) is 1.90. The molecule has 0 radical (unpaired) electrons. The number of hydrogen-bond donors (Lipinski definition) is 2. The van der Waals surface area contributed by atoms with Gasteiger partial charge in [0.2, 0.25) is 0 Å². The fourth-order valence-corrected chi connectivity index (χ4v) is 2.75. The van der Waals surface area contributed by atoms with Crippen molar-refractivity contribution in [1.29, 1.82) is 0 Å². The minimum atomic E-state index is -0.470. The lowest BCUT2D eigenvalue weighted by molar-refractivity contribution is -0.384. The number of non-ortho nitro benzene ring substituents is 1. The van der Waals surface area contributed by atoms with Gasteiger partial charge in [-0.2, -0.15) is 0 Å². The first-order chi connectivity index (χ1) is 11.5. The fraction of sp³-hybridized carbons (Fsp3) is 0.235. The highest BCUT2D eigenvalue weighted by Gasteiger charge is 2.14. The van der Waals surface area contributed by atoms with Crippen LogP contribution >= 0.6 is 23.8 Å². The molecule has 0 amide bonds. The van der Waals surface area contributed by atoms with Crippen molar-refractivity contribution in [3.05, 3.63) is 69.2 Å². The molecule has 2 aromatic carbocycles. The number of thiocarbonyl (C=S) groups is 1. The monoisotopic (exact) mass is 363 g/mol. The van der Waals surface area contributed by atoms with Crippen LogP contribution in [0.1, 0.15) is 31.4 Å². The number of nitrogens with one attached hydrogen (secondary N) is 2. The van der Waals surface area contributed by atoms with Crippen molar-refractivity contribution in [2.75, 3.05) is 5.32 Å². The standard InChI is InChI=1S/C17H18ClN3O2S/c1-2-6-15(12-7-4-3-5-8-12)19-17(24)20-16-11-13(21(22)23)9-10-14(16)18/h3-5,7-11,15H,2,6H2,1H3,(H2,19,20,24)/t15-/m1/s1. The van der Waals surface area contributed by atoms with Crippen molar-refractivity contribution < 1.29 is 4.92 Å². The molecule has 0 aliphatic carbocycles. The lowest BCUT2D eigenvalue weighted by atomic mass is 10.0. The maximum absolute atomic E-state index is 10.9. The Labute approximate surface area is 151 Å². The fourth-order valence-electron chi connectivity index (χ4n) is 2.34. The molecule has 0 aliphatic rings. The minimum absolute atomic E-state index is 0.0436. The first-order valence-corrected chi connectivity index (χ1v) is 8.36. The van der Waals surface area contributed by atoms with Gasteiger partial charge in [-0.3, -0.25) is 10.1 Å². The van der Waals surface area contributed by atoms with E-state index in [4.69, 9.17) is 23.8 Å². The lowest BCUT2D eigenvalue weighted by Gasteiger charge is -2.21. The number of hydrogen-bond acceptors (Lipinski definition) is 3. The zero-order valence-corrected chi connectivity index (χ0v) is 14.7. The lowest BCUT2D eigenvalue weighted by Crippen LogP contribution is -2.32. The van der Waals surface area contributed by atoms with Gasteiger partial charge in [0.1, 0.15) is 0 Å². The molecule has 0 aliphatic heterocycles. The van der Waals surface area contributed by atoms with Crippen molar-refractivity contribution in [3.63, 3.8) is 0 Å². The van der Waals surface area contributed by atoms with Crippen LogP contribution in [0.25, 0.3) is 0 Å². The predicted octanol–water partition coefficient (Wildman–Crippen LogP) is 5.08. The Bertz CT molecular complexity index is 725. The molecular weight excluding hydrogens is 346 g/mol. The number of anilines is 1. The molecular formula is C17H18ClN3O2S. The van der Waals surface area contributed by atoms with Crippen LogP contribution in [0.2, 0.25) is 5.02 Å². The second-order valence-electron chi connectivity index (χ2n) is 5.27. The molecule has 0 spiro atoms. The molecule has 0 bridgehead atoms. The maximum atomic E-state index is 10.9. The summed E-state index contributed by atoms with van der Waals surface area (Å²) in [5, 5.41) is 17.8. The number of halogens is 1. The van der Waals surface area contributed by atoms with E-state index in [0.717, 1.165) is 18.4 Å². The quantitative estimate of drug-likeness (QED) is 0.425. The number of rotatable bonds is 6. The summed E-state index contributed by atoms with van der Waals surface area (Å²) in [6.45, 7) is 2.10. The molecule has 1 atom stereocenters. The summed E-state index contributed by atoms with van der Waals surface area (Å²) in [7, 11) is 0. The summed E-state index contributed by atoms with van der Waals surface area (Å²) >= 11 is 11.4. The van der Waals surface area contributed by atoms with E-state index in [1.165, 1.54) is 18.2 Å². The van der Waals surface area contributed by atoms with Crippen molar-refractivity contribution in [3.8, 4) is 0 Å². The Morgan fingerprint density at radius 2 is 2.00 bits per heavy atom. The second kappa shape index (κ2) is 8.61. The highest BCUT2D eigenvalue weighted by Crippen LogP contribution is 2.27. The van der Waals surface area contributed by atoms with Crippen molar-refractivity contribution in [1.82, 2.24) is 5.32 Å². The molecule has 0 saturated heterocycles. The molecule has 2 rings (SSSR count). The van der Waals surface area contributed by atoms with Gasteiger partial charge in [0.05, 0.1) is 21.7 Å². The van der Waals surface area contributed by atoms with Gasteiger partial charge < -0.3 is 10.6 Å². The van der Waals surface area contributed by atoms with Gasteiger partial charge in [-0.05, 0) is 30.3 Å². The minimum Gasteiger partial charge on any atom is -0.356 e.